The number of fused-ring (bicyclic) bond motifs is 2. The molecule has 1 atom stereocenters. The van der Waals surface area contributed by atoms with Crippen molar-refractivity contribution in [3.05, 3.63) is 70.5 Å². The minimum atomic E-state index is -0.557. The highest BCUT2D eigenvalue weighted by Crippen LogP contribution is 2.25. The first-order valence-corrected chi connectivity index (χ1v) is 10.1. The fourth-order valence-corrected chi connectivity index (χ4v) is 3.68. The van der Waals surface area contributed by atoms with E-state index in [1.807, 2.05) is 6.92 Å². The SMILES string of the molecule is CCOc1cnc2ccn(C(C)c3nnc4c(F)cc(-c5cc(C)no5)cn34)c(=O)c2c1. The molecule has 0 bridgehead atoms. The molecule has 0 fully saturated rings. The van der Waals surface area contributed by atoms with Gasteiger partial charge in [-0.3, -0.25) is 14.2 Å². The van der Waals surface area contributed by atoms with Crippen molar-refractivity contribution in [2.75, 3.05) is 6.61 Å². The summed E-state index contributed by atoms with van der Waals surface area (Å²) in [6, 6.07) is 5.91. The number of ether oxygens (including phenoxy) is 1. The maximum absolute atomic E-state index is 14.7. The van der Waals surface area contributed by atoms with Crippen molar-refractivity contribution < 1.29 is 13.7 Å². The van der Waals surface area contributed by atoms with E-state index in [1.165, 1.54) is 15.0 Å². The van der Waals surface area contributed by atoms with Crippen molar-refractivity contribution in [2.24, 2.45) is 0 Å². The summed E-state index contributed by atoms with van der Waals surface area (Å²) in [7, 11) is 0. The number of halogens is 1. The Hall–Kier alpha value is -4.08. The van der Waals surface area contributed by atoms with Crippen LogP contribution >= 0.6 is 0 Å². The molecule has 0 aromatic carbocycles. The fourth-order valence-electron chi connectivity index (χ4n) is 3.68. The van der Waals surface area contributed by atoms with Gasteiger partial charge in [-0.1, -0.05) is 5.16 Å². The van der Waals surface area contributed by atoms with Crippen LogP contribution in [0, 0.1) is 12.7 Å². The summed E-state index contributed by atoms with van der Waals surface area (Å²) in [6.45, 7) is 5.91. The summed E-state index contributed by atoms with van der Waals surface area (Å²) < 4.78 is 28.5. The molecule has 5 heterocycles. The highest BCUT2D eigenvalue weighted by Gasteiger charge is 2.21. The molecular weight excluding hydrogens is 415 g/mol. The molecule has 162 valence electrons. The molecular formula is C22H19FN6O3. The molecule has 0 saturated carbocycles. The monoisotopic (exact) mass is 434 g/mol. The van der Waals surface area contributed by atoms with Crippen molar-refractivity contribution in [3.63, 3.8) is 0 Å². The highest BCUT2D eigenvalue weighted by molar-refractivity contribution is 5.78. The molecule has 0 N–H and O–H groups in total. The van der Waals surface area contributed by atoms with Gasteiger partial charge in [-0.05, 0) is 39.0 Å². The normalized spacial score (nSPS) is 12.5. The van der Waals surface area contributed by atoms with E-state index in [0.717, 1.165) is 0 Å². The summed E-state index contributed by atoms with van der Waals surface area (Å²) in [5, 5.41) is 12.4. The first-order valence-electron chi connectivity index (χ1n) is 10.1. The summed E-state index contributed by atoms with van der Waals surface area (Å²) in [4.78, 5) is 17.5. The van der Waals surface area contributed by atoms with Gasteiger partial charge in [0.25, 0.3) is 5.56 Å². The Balaban J connectivity index is 1.64. The van der Waals surface area contributed by atoms with E-state index in [4.69, 9.17) is 9.26 Å². The van der Waals surface area contributed by atoms with Crippen LogP contribution in [0.5, 0.6) is 5.75 Å². The summed E-state index contributed by atoms with van der Waals surface area (Å²) >= 11 is 0. The quantitative estimate of drug-likeness (QED) is 0.417. The third kappa shape index (κ3) is 3.20. The fraction of sp³-hybridized carbons (Fsp3) is 0.227. The largest absolute Gasteiger partial charge is 0.492 e. The number of rotatable bonds is 5. The van der Waals surface area contributed by atoms with Crippen molar-refractivity contribution in [2.45, 2.75) is 26.8 Å². The number of aromatic nitrogens is 6. The van der Waals surface area contributed by atoms with Gasteiger partial charge in [-0.25, -0.2) is 4.39 Å². The second kappa shape index (κ2) is 7.56. The zero-order valence-corrected chi connectivity index (χ0v) is 17.6. The summed E-state index contributed by atoms with van der Waals surface area (Å²) in [6.07, 6.45) is 4.90. The van der Waals surface area contributed by atoms with Crippen LogP contribution < -0.4 is 10.3 Å². The maximum Gasteiger partial charge on any atom is 0.260 e. The lowest BCUT2D eigenvalue weighted by atomic mass is 10.2. The molecule has 0 amide bonds. The van der Waals surface area contributed by atoms with Gasteiger partial charge in [0.2, 0.25) is 0 Å². The van der Waals surface area contributed by atoms with Crippen LogP contribution in [0.25, 0.3) is 27.9 Å². The first kappa shape index (κ1) is 19.9. The number of pyridine rings is 3. The molecule has 1 unspecified atom stereocenters. The second-order valence-corrected chi connectivity index (χ2v) is 7.40. The number of aryl methyl sites for hydroxylation is 1. The van der Waals surface area contributed by atoms with Crippen LogP contribution in [0.2, 0.25) is 0 Å². The Morgan fingerprint density at radius 2 is 2.09 bits per heavy atom. The van der Waals surface area contributed by atoms with Crippen molar-refractivity contribution in [1.82, 2.24) is 29.3 Å². The van der Waals surface area contributed by atoms with Gasteiger partial charge < -0.3 is 13.8 Å². The molecule has 0 radical (unpaired) electrons. The predicted molar refractivity (Wildman–Crippen MR) is 114 cm³/mol. The summed E-state index contributed by atoms with van der Waals surface area (Å²) in [5.74, 6) is 0.781. The number of hydrogen-bond donors (Lipinski definition) is 0. The lowest BCUT2D eigenvalue weighted by Crippen LogP contribution is -2.25. The lowest BCUT2D eigenvalue weighted by molar-refractivity contribution is 0.339. The molecule has 10 heteroatoms. The topological polar surface area (TPSA) is 100 Å². The first-order chi connectivity index (χ1) is 15.5. The average Bonchev–Trinajstić information content (AvgIpc) is 3.41. The zero-order chi connectivity index (χ0) is 22.4. The van der Waals surface area contributed by atoms with E-state index in [9.17, 15) is 9.18 Å². The van der Waals surface area contributed by atoms with Gasteiger partial charge in [0.15, 0.2) is 23.0 Å². The molecule has 0 aliphatic rings. The minimum Gasteiger partial charge on any atom is -0.492 e. The van der Waals surface area contributed by atoms with Gasteiger partial charge in [-0.15, -0.1) is 10.2 Å². The van der Waals surface area contributed by atoms with Crippen LogP contribution in [0.3, 0.4) is 0 Å². The van der Waals surface area contributed by atoms with E-state index in [-0.39, 0.29) is 11.2 Å². The minimum absolute atomic E-state index is 0.0565. The second-order valence-electron chi connectivity index (χ2n) is 7.40. The molecule has 0 spiro atoms. The van der Waals surface area contributed by atoms with Gasteiger partial charge in [-0.2, -0.15) is 0 Å². The van der Waals surface area contributed by atoms with Crippen molar-refractivity contribution >= 4 is 16.6 Å². The molecule has 5 aromatic rings. The summed E-state index contributed by atoms with van der Waals surface area (Å²) in [5.41, 5.74) is 1.52. The molecule has 5 aromatic heterocycles. The van der Waals surface area contributed by atoms with Crippen LogP contribution in [-0.2, 0) is 0 Å². The van der Waals surface area contributed by atoms with E-state index < -0.39 is 11.9 Å². The van der Waals surface area contributed by atoms with Crippen LogP contribution in [0.4, 0.5) is 4.39 Å². The molecule has 0 aliphatic heterocycles. The number of hydrogen-bond acceptors (Lipinski definition) is 7. The zero-order valence-electron chi connectivity index (χ0n) is 17.6. The Bertz CT molecular complexity index is 1520. The van der Waals surface area contributed by atoms with Gasteiger partial charge in [0, 0.05) is 24.0 Å². The van der Waals surface area contributed by atoms with Gasteiger partial charge >= 0.3 is 0 Å². The van der Waals surface area contributed by atoms with E-state index >= 15 is 0 Å². The third-order valence-corrected chi connectivity index (χ3v) is 5.25. The average molecular weight is 434 g/mol. The Kier molecular flexibility index (Phi) is 4.69. The van der Waals surface area contributed by atoms with Crippen molar-refractivity contribution in [3.8, 4) is 17.1 Å². The smallest absolute Gasteiger partial charge is 0.260 e. The van der Waals surface area contributed by atoms with Crippen molar-refractivity contribution in [1.29, 1.82) is 0 Å². The molecule has 5 rings (SSSR count). The highest BCUT2D eigenvalue weighted by atomic mass is 19.1. The Morgan fingerprint density at radius 1 is 1.25 bits per heavy atom. The van der Waals surface area contributed by atoms with E-state index in [1.54, 1.807) is 50.6 Å². The third-order valence-electron chi connectivity index (χ3n) is 5.25. The molecule has 9 nitrogen and oxygen atoms in total. The van der Waals surface area contributed by atoms with E-state index in [2.05, 4.69) is 20.3 Å². The van der Waals surface area contributed by atoms with Gasteiger partial charge in [0.1, 0.15) is 5.75 Å². The Morgan fingerprint density at radius 3 is 2.84 bits per heavy atom. The Labute approximate surface area is 181 Å². The molecule has 0 aliphatic carbocycles. The predicted octanol–water partition coefficient (Wildman–Crippen LogP) is 3.55. The van der Waals surface area contributed by atoms with Gasteiger partial charge in [0.05, 0.1) is 35.4 Å². The van der Waals surface area contributed by atoms with Crippen LogP contribution in [0.1, 0.15) is 31.4 Å². The lowest BCUT2D eigenvalue weighted by Gasteiger charge is -2.15. The molecule has 32 heavy (non-hydrogen) atoms. The van der Waals surface area contributed by atoms with Crippen LogP contribution in [0.15, 0.2) is 52.2 Å². The maximum atomic E-state index is 14.7. The standard InChI is InChI=1S/C22H19FN6O3/c1-4-31-15-9-16-18(24-10-15)5-6-28(22(16)30)13(3)20-25-26-21-17(23)8-14(11-29(20)21)19-7-12(2)27-32-19/h5-11,13H,4H2,1-3H3. The van der Waals surface area contributed by atoms with Crippen LogP contribution in [-0.4, -0.2) is 35.9 Å². The van der Waals surface area contributed by atoms with E-state index in [0.29, 0.717) is 46.1 Å². The number of nitrogens with zero attached hydrogens (tertiary/aromatic N) is 6. The molecule has 0 saturated heterocycles.